The van der Waals surface area contributed by atoms with Gasteiger partial charge in [-0.2, -0.15) is 0 Å². The molecule has 0 bridgehead atoms. The molecule has 169 valence electrons. The van der Waals surface area contributed by atoms with E-state index in [0.29, 0.717) is 21.2 Å². The Hall–Kier alpha value is -1.74. The molecule has 0 heterocycles. The molecule has 0 fully saturated rings. The van der Waals surface area contributed by atoms with Crippen molar-refractivity contribution in [3.8, 4) is 0 Å². The van der Waals surface area contributed by atoms with Crippen LogP contribution in [0.3, 0.4) is 0 Å². The van der Waals surface area contributed by atoms with Crippen molar-refractivity contribution < 1.29 is 26.7 Å². The van der Waals surface area contributed by atoms with Crippen molar-refractivity contribution >= 4 is 70.6 Å². The minimum absolute atomic E-state index is 0. The van der Waals surface area contributed by atoms with Gasteiger partial charge in [-0.1, -0.05) is 47.5 Å². The number of carbonyl (C=O) groups is 2. The quantitative estimate of drug-likeness (QED) is 0.246. The van der Waals surface area contributed by atoms with Gasteiger partial charge in [0.15, 0.2) is 0 Å². The molecule has 0 spiro atoms. The molecule has 0 aliphatic rings. The van der Waals surface area contributed by atoms with Crippen molar-refractivity contribution in [3.63, 3.8) is 0 Å². The summed E-state index contributed by atoms with van der Waals surface area (Å²) in [5.74, 6) is -0.835. The molecule has 31 heavy (non-hydrogen) atoms. The minimum Gasteiger partial charge on any atom is -0.742 e. The van der Waals surface area contributed by atoms with E-state index >= 15 is 0 Å². The number of hydrogen-bond donors (Lipinski definition) is 0. The van der Waals surface area contributed by atoms with Crippen LogP contribution < -0.4 is 0 Å². The first kappa shape index (κ1) is 29.3. The van der Waals surface area contributed by atoms with Crippen LogP contribution in [0.5, 0.6) is 0 Å². The Morgan fingerprint density at radius 1 is 0.710 bits per heavy atom. The molecular formula is C20H20Cl2CuN4O2S2. The molecule has 0 unspecified atom stereocenters. The van der Waals surface area contributed by atoms with E-state index in [1.807, 2.05) is 0 Å². The second-order valence-corrected chi connectivity index (χ2v) is 7.69. The van der Waals surface area contributed by atoms with Crippen LogP contribution in [0.4, 0.5) is 0 Å². The molecule has 6 nitrogen and oxygen atoms in total. The van der Waals surface area contributed by atoms with Gasteiger partial charge in [0.1, 0.15) is 0 Å². The Balaban J connectivity index is 0.000000562. The van der Waals surface area contributed by atoms with Gasteiger partial charge in [0.05, 0.1) is 21.2 Å². The number of hydrogen-bond acceptors (Lipinski definition) is 4. The van der Waals surface area contributed by atoms with Crippen molar-refractivity contribution in [2.75, 3.05) is 28.2 Å². The zero-order valence-electron chi connectivity index (χ0n) is 17.1. The number of aliphatic imine (C=N–C) groups is 2. The maximum absolute atomic E-state index is 11.6. The fraction of sp³-hybridized carbons (Fsp3) is 0.200. The van der Waals surface area contributed by atoms with Gasteiger partial charge in [-0.05, 0) is 34.6 Å². The third-order valence-electron chi connectivity index (χ3n) is 3.37. The van der Waals surface area contributed by atoms with Crippen LogP contribution in [0.25, 0.3) is 0 Å². The van der Waals surface area contributed by atoms with Crippen molar-refractivity contribution in [2.45, 2.75) is 0 Å². The van der Waals surface area contributed by atoms with Crippen LogP contribution in [0, 0.1) is 0 Å². The summed E-state index contributed by atoms with van der Waals surface area (Å²) in [5.41, 5.74) is 0.728. The van der Waals surface area contributed by atoms with Gasteiger partial charge < -0.3 is 35.1 Å². The summed E-state index contributed by atoms with van der Waals surface area (Å²) >= 11 is 21.5. The predicted octanol–water partition coefficient (Wildman–Crippen LogP) is 3.89. The van der Waals surface area contributed by atoms with E-state index in [0.717, 1.165) is 0 Å². The van der Waals surface area contributed by atoms with Gasteiger partial charge in [-0.25, -0.2) is 9.98 Å². The average Bonchev–Trinajstić information content (AvgIpc) is 2.68. The van der Waals surface area contributed by atoms with E-state index in [9.17, 15) is 9.59 Å². The molecule has 2 aromatic rings. The zero-order valence-corrected chi connectivity index (χ0v) is 21.2. The van der Waals surface area contributed by atoms with Crippen molar-refractivity contribution in [1.29, 1.82) is 0 Å². The van der Waals surface area contributed by atoms with E-state index in [1.54, 1.807) is 86.5 Å². The molecule has 0 N–H and O–H groups in total. The van der Waals surface area contributed by atoms with Gasteiger partial charge >= 0.3 is 17.1 Å². The molecule has 0 saturated heterocycles. The predicted molar refractivity (Wildman–Crippen MR) is 129 cm³/mol. The molecule has 2 aromatic carbocycles. The van der Waals surface area contributed by atoms with Gasteiger partial charge in [-0.3, -0.25) is 9.59 Å². The van der Waals surface area contributed by atoms with Crippen LogP contribution in [0.15, 0.2) is 58.5 Å². The average molecular weight is 547 g/mol. The SMILES string of the molecule is CN(C)C([S-])=NC(=O)c1ccccc1Cl.CN(C)C([S-])=NC(=O)c1ccccc1Cl.[Cu+2]. The zero-order chi connectivity index (χ0) is 22.8. The van der Waals surface area contributed by atoms with Crippen LogP contribution in [0.1, 0.15) is 20.7 Å². The number of rotatable bonds is 2. The maximum atomic E-state index is 11.6. The van der Waals surface area contributed by atoms with E-state index in [-0.39, 0.29) is 27.4 Å². The number of benzene rings is 2. The summed E-state index contributed by atoms with van der Waals surface area (Å²) < 4.78 is 0. The number of carbonyl (C=O) groups excluding carboxylic acids is 2. The second kappa shape index (κ2) is 14.3. The summed E-state index contributed by atoms with van der Waals surface area (Å²) in [6.07, 6.45) is 0. The van der Waals surface area contributed by atoms with E-state index in [4.69, 9.17) is 48.5 Å². The monoisotopic (exact) mass is 545 g/mol. The third kappa shape index (κ3) is 9.95. The Kier molecular flexibility index (Phi) is 13.5. The normalized spacial score (nSPS) is 10.9. The summed E-state index contributed by atoms with van der Waals surface area (Å²) in [4.78, 5) is 33.9. The summed E-state index contributed by atoms with van der Waals surface area (Å²) in [6.45, 7) is 0. The van der Waals surface area contributed by atoms with E-state index < -0.39 is 11.8 Å². The number of halogens is 2. The molecule has 0 aromatic heterocycles. The van der Waals surface area contributed by atoms with Gasteiger partial charge in [0.2, 0.25) is 0 Å². The van der Waals surface area contributed by atoms with Gasteiger partial charge in [-0.15, -0.1) is 0 Å². The van der Waals surface area contributed by atoms with E-state index in [2.05, 4.69) is 9.98 Å². The molecule has 0 aliphatic carbocycles. The molecule has 2 rings (SSSR count). The Labute approximate surface area is 214 Å². The molecule has 0 atom stereocenters. The first-order valence-corrected chi connectivity index (χ1v) is 10.1. The maximum Gasteiger partial charge on any atom is 2.00 e. The van der Waals surface area contributed by atoms with Crippen LogP contribution in [0.2, 0.25) is 10.0 Å². The second-order valence-electron chi connectivity index (χ2n) is 6.15. The van der Waals surface area contributed by atoms with Gasteiger partial charge in [0, 0.05) is 28.2 Å². The molecule has 11 heteroatoms. The van der Waals surface area contributed by atoms with Crippen molar-refractivity contribution in [3.05, 3.63) is 69.7 Å². The fourth-order valence-electron chi connectivity index (χ4n) is 1.76. The summed E-state index contributed by atoms with van der Waals surface area (Å²) in [7, 11) is 6.91. The van der Waals surface area contributed by atoms with Crippen LogP contribution in [-0.2, 0) is 42.3 Å². The number of amides is 2. The fourth-order valence-corrected chi connectivity index (χ4v) is 2.36. The van der Waals surface area contributed by atoms with Crippen LogP contribution in [-0.4, -0.2) is 60.1 Å². The first-order valence-electron chi connectivity index (χ1n) is 8.48. The summed E-state index contributed by atoms with van der Waals surface area (Å²) in [5, 5.41) is 1.24. The topological polar surface area (TPSA) is 65.3 Å². The molecule has 0 aliphatic heterocycles. The summed E-state index contributed by atoms with van der Waals surface area (Å²) in [6, 6.07) is 13.5. The number of amidine groups is 2. The van der Waals surface area contributed by atoms with Crippen molar-refractivity contribution in [1.82, 2.24) is 9.80 Å². The number of nitrogens with zero attached hydrogens (tertiary/aromatic N) is 4. The standard InChI is InChI=1S/2C10H11ClN2OS.Cu/c2*1-13(2)10(15)12-9(14)7-5-3-4-6-8(7)11;/h2*3-6H,1-2H3,(H,12,14,15);/q;;+2/p-2. The minimum atomic E-state index is -0.417. The van der Waals surface area contributed by atoms with Crippen molar-refractivity contribution in [2.24, 2.45) is 9.98 Å². The molecule has 2 amide bonds. The first-order chi connectivity index (χ1) is 14.0. The third-order valence-corrected chi connectivity index (χ3v) is 4.94. The molecule has 0 saturated carbocycles. The molecule has 1 radical (unpaired) electrons. The van der Waals surface area contributed by atoms with Gasteiger partial charge in [0.25, 0.3) is 11.8 Å². The largest absolute Gasteiger partial charge is 2.00 e. The van der Waals surface area contributed by atoms with Crippen LogP contribution >= 0.6 is 23.2 Å². The Morgan fingerprint density at radius 3 is 1.26 bits per heavy atom. The molecular weight excluding hydrogens is 527 g/mol. The van der Waals surface area contributed by atoms with E-state index in [1.165, 1.54) is 0 Å². The Bertz CT molecular complexity index is 892. The Morgan fingerprint density at radius 2 is 1.00 bits per heavy atom. The smallest absolute Gasteiger partial charge is 0.742 e.